The number of carboxylic acid groups (broad SMARTS) is 1. The van der Waals surface area contributed by atoms with E-state index in [1.54, 1.807) is 30.9 Å². The first-order valence-corrected chi connectivity index (χ1v) is 8.31. The fourth-order valence-electron chi connectivity index (χ4n) is 1.89. The number of sulfonamides is 1. The van der Waals surface area contributed by atoms with Crippen LogP contribution in [0.5, 0.6) is 0 Å². The average molecular weight is 329 g/mol. The minimum atomic E-state index is -3.89. The summed E-state index contributed by atoms with van der Waals surface area (Å²) in [6, 6.07) is 0. The third kappa shape index (κ3) is 2.85. The molecule has 0 saturated carbocycles. The Balaban J connectivity index is 2.40. The molecule has 0 amide bonds. The van der Waals surface area contributed by atoms with Crippen molar-refractivity contribution in [1.29, 1.82) is 0 Å². The SMILES string of the molecule is Cc1csc(C(=O)O)c1S(=O)(=O)N(C)Cc1nccn1C. The molecule has 0 fully saturated rings. The fourth-order valence-corrected chi connectivity index (χ4v) is 4.59. The molecule has 9 heteroatoms. The first-order chi connectivity index (χ1) is 9.75. The Kier molecular flexibility index (Phi) is 4.17. The van der Waals surface area contributed by atoms with Crippen LogP contribution in [-0.4, -0.2) is 40.4 Å². The van der Waals surface area contributed by atoms with Crippen molar-refractivity contribution >= 4 is 27.3 Å². The molecule has 0 bridgehead atoms. The van der Waals surface area contributed by atoms with Gasteiger partial charge in [0.25, 0.3) is 0 Å². The molecule has 2 aromatic rings. The summed E-state index contributed by atoms with van der Waals surface area (Å²) in [7, 11) is -0.711. The number of carbonyl (C=O) groups is 1. The Morgan fingerprint density at radius 3 is 2.71 bits per heavy atom. The van der Waals surface area contributed by atoms with E-state index in [1.165, 1.54) is 12.4 Å². The zero-order valence-electron chi connectivity index (χ0n) is 11.8. The molecule has 0 aliphatic carbocycles. The molecule has 7 nitrogen and oxygen atoms in total. The number of imidazole rings is 1. The fraction of sp³-hybridized carbons (Fsp3) is 0.333. The molecule has 2 aromatic heterocycles. The van der Waals surface area contributed by atoms with Crippen molar-refractivity contribution < 1.29 is 18.3 Å². The largest absolute Gasteiger partial charge is 0.477 e. The number of thiophene rings is 1. The Bertz CT molecular complexity index is 776. The van der Waals surface area contributed by atoms with E-state index < -0.39 is 16.0 Å². The zero-order valence-corrected chi connectivity index (χ0v) is 13.4. The van der Waals surface area contributed by atoms with Crippen molar-refractivity contribution in [3.8, 4) is 0 Å². The first kappa shape index (κ1) is 15.7. The van der Waals surface area contributed by atoms with Crippen LogP contribution in [0.15, 0.2) is 22.7 Å². The van der Waals surface area contributed by atoms with E-state index in [2.05, 4.69) is 4.98 Å². The molecule has 114 valence electrons. The second kappa shape index (κ2) is 5.58. The van der Waals surface area contributed by atoms with Crippen LogP contribution >= 0.6 is 11.3 Å². The minimum Gasteiger partial charge on any atom is -0.477 e. The van der Waals surface area contributed by atoms with Crippen molar-refractivity contribution in [1.82, 2.24) is 13.9 Å². The standard InChI is InChI=1S/C12H15N3O4S2/c1-8-7-20-10(12(16)17)11(8)21(18,19)15(3)6-9-13-4-5-14(9)2/h4-5,7H,6H2,1-3H3,(H,16,17). The van der Waals surface area contributed by atoms with Gasteiger partial charge in [0.2, 0.25) is 10.0 Å². The Morgan fingerprint density at radius 1 is 1.52 bits per heavy atom. The second-order valence-electron chi connectivity index (χ2n) is 4.60. The maximum Gasteiger partial charge on any atom is 0.347 e. The van der Waals surface area contributed by atoms with Gasteiger partial charge >= 0.3 is 5.97 Å². The molecule has 2 rings (SSSR count). The highest BCUT2D eigenvalue weighted by Crippen LogP contribution is 2.29. The number of nitrogens with zero attached hydrogens (tertiary/aromatic N) is 3. The zero-order chi connectivity index (χ0) is 15.8. The molecule has 2 heterocycles. The van der Waals surface area contributed by atoms with Gasteiger partial charge in [-0.25, -0.2) is 18.2 Å². The second-order valence-corrected chi connectivity index (χ2v) is 7.46. The smallest absolute Gasteiger partial charge is 0.347 e. The van der Waals surface area contributed by atoms with E-state index in [1.807, 2.05) is 0 Å². The summed E-state index contributed by atoms with van der Waals surface area (Å²) in [6.45, 7) is 1.66. The molecular weight excluding hydrogens is 314 g/mol. The highest BCUT2D eigenvalue weighted by Gasteiger charge is 2.30. The van der Waals surface area contributed by atoms with Gasteiger partial charge in [0.15, 0.2) is 0 Å². The van der Waals surface area contributed by atoms with Crippen molar-refractivity contribution in [2.75, 3.05) is 7.05 Å². The summed E-state index contributed by atoms with van der Waals surface area (Å²) in [5, 5.41) is 10.7. The van der Waals surface area contributed by atoms with Gasteiger partial charge in [-0.3, -0.25) is 0 Å². The number of rotatable bonds is 5. The van der Waals surface area contributed by atoms with Crippen LogP contribution in [0.25, 0.3) is 0 Å². The van der Waals surface area contributed by atoms with Gasteiger partial charge in [-0.15, -0.1) is 11.3 Å². The predicted octanol–water partition coefficient (Wildman–Crippen LogP) is 1.31. The normalized spacial score (nSPS) is 12.0. The third-order valence-corrected chi connectivity index (χ3v) is 6.27. The summed E-state index contributed by atoms with van der Waals surface area (Å²) >= 11 is 0.913. The lowest BCUT2D eigenvalue weighted by Crippen LogP contribution is -2.29. The average Bonchev–Trinajstić information content (AvgIpc) is 2.96. The van der Waals surface area contributed by atoms with Crippen LogP contribution in [0, 0.1) is 6.92 Å². The molecule has 0 saturated heterocycles. The first-order valence-electron chi connectivity index (χ1n) is 5.99. The van der Waals surface area contributed by atoms with E-state index in [-0.39, 0.29) is 16.3 Å². The van der Waals surface area contributed by atoms with E-state index in [4.69, 9.17) is 5.11 Å². The quantitative estimate of drug-likeness (QED) is 0.893. The molecule has 1 N–H and O–H groups in total. The van der Waals surface area contributed by atoms with E-state index in [0.29, 0.717) is 11.4 Å². The van der Waals surface area contributed by atoms with Crippen molar-refractivity contribution in [2.45, 2.75) is 18.4 Å². The van der Waals surface area contributed by atoms with Crippen LogP contribution in [0.1, 0.15) is 21.1 Å². The lowest BCUT2D eigenvalue weighted by Gasteiger charge is -2.17. The molecule has 0 radical (unpaired) electrons. The summed E-state index contributed by atoms with van der Waals surface area (Å²) in [6.07, 6.45) is 3.29. The number of hydrogen-bond donors (Lipinski definition) is 1. The molecule has 21 heavy (non-hydrogen) atoms. The number of hydrogen-bond acceptors (Lipinski definition) is 5. The molecule has 0 spiro atoms. The third-order valence-electron chi connectivity index (χ3n) is 3.07. The van der Waals surface area contributed by atoms with Crippen LogP contribution in [0.4, 0.5) is 0 Å². The van der Waals surface area contributed by atoms with Gasteiger partial charge in [-0.1, -0.05) is 0 Å². The van der Waals surface area contributed by atoms with Crippen LogP contribution in [0.3, 0.4) is 0 Å². The molecule has 0 aliphatic heterocycles. The number of aryl methyl sites for hydroxylation is 2. The monoisotopic (exact) mass is 329 g/mol. The van der Waals surface area contributed by atoms with E-state index in [0.717, 1.165) is 15.6 Å². The summed E-state index contributed by atoms with van der Waals surface area (Å²) in [5.41, 5.74) is 0.434. The summed E-state index contributed by atoms with van der Waals surface area (Å²) < 4.78 is 28.0. The van der Waals surface area contributed by atoms with Gasteiger partial charge in [0, 0.05) is 26.5 Å². The Morgan fingerprint density at radius 2 is 2.19 bits per heavy atom. The number of carboxylic acids is 1. The van der Waals surface area contributed by atoms with E-state index >= 15 is 0 Å². The lowest BCUT2D eigenvalue weighted by atomic mass is 10.3. The maximum absolute atomic E-state index is 12.6. The lowest BCUT2D eigenvalue weighted by molar-refractivity contribution is 0.0698. The van der Waals surface area contributed by atoms with Crippen LogP contribution < -0.4 is 0 Å². The molecular formula is C12H15N3O4S2. The van der Waals surface area contributed by atoms with Crippen molar-refractivity contribution in [3.05, 3.63) is 34.0 Å². The molecule has 0 aliphatic rings. The Labute approximate surface area is 126 Å². The molecule has 0 unspecified atom stereocenters. The number of aromatic carboxylic acids is 1. The van der Waals surface area contributed by atoms with Gasteiger partial charge in [-0.2, -0.15) is 4.31 Å². The summed E-state index contributed by atoms with van der Waals surface area (Å²) in [4.78, 5) is 15.0. The van der Waals surface area contributed by atoms with Gasteiger partial charge < -0.3 is 9.67 Å². The summed E-state index contributed by atoms with van der Waals surface area (Å²) in [5.74, 6) is -0.664. The van der Waals surface area contributed by atoms with Gasteiger partial charge in [0.05, 0.1) is 6.54 Å². The topological polar surface area (TPSA) is 92.5 Å². The van der Waals surface area contributed by atoms with Crippen molar-refractivity contribution in [2.24, 2.45) is 7.05 Å². The van der Waals surface area contributed by atoms with E-state index in [9.17, 15) is 13.2 Å². The van der Waals surface area contributed by atoms with Crippen molar-refractivity contribution in [3.63, 3.8) is 0 Å². The van der Waals surface area contributed by atoms with Crippen LogP contribution in [0.2, 0.25) is 0 Å². The van der Waals surface area contributed by atoms with Gasteiger partial charge in [0.1, 0.15) is 15.6 Å². The highest BCUT2D eigenvalue weighted by molar-refractivity contribution is 7.89. The number of aromatic nitrogens is 2. The predicted molar refractivity (Wildman–Crippen MR) is 77.9 cm³/mol. The maximum atomic E-state index is 12.6. The molecule has 0 atom stereocenters. The van der Waals surface area contributed by atoms with Gasteiger partial charge in [-0.05, 0) is 17.9 Å². The van der Waals surface area contributed by atoms with Crippen LogP contribution in [-0.2, 0) is 23.6 Å². The highest BCUT2D eigenvalue weighted by atomic mass is 32.2. The minimum absolute atomic E-state index is 0.0696. The molecule has 0 aromatic carbocycles. The Hall–Kier alpha value is -1.71.